The molecule has 1 aromatic carbocycles. The molecular formula is C14H12N4O2S. The number of nitrogens with zero attached hydrogens (tertiary/aromatic N) is 4. The molecule has 1 aliphatic heterocycles. The first kappa shape index (κ1) is 12.6. The molecule has 3 aromatic rings. The average Bonchev–Trinajstić information content (AvgIpc) is 3.05. The Morgan fingerprint density at radius 1 is 1.33 bits per heavy atom. The van der Waals surface area contributed by atoms with E-state index in [1.54, 1.807) is 4.52 Å². The van der Waals surface area contributed by atoms with Gasteiger partial charge in [0.2, 0.25) is 0 Å². The third-order valence-corrected chi connectivity index (χ3v) is 4.58. The van der Waals surface area contributed by atoms with Gasteiger partial charge in [0.1, 0.15) is 11.1 Å². The van der Waals surface area contributed by atoms with Crippen molar-refractivity contribution in [2.75, 3.05) is 6.61 Å². The van der Waals surface area contributed by atoms with Crippen molar-refractivity contribution in [1.29, 1.82) is 0 Å². The lowest BCUT2D eigenvalue weighted by atomic mass is 10.2. The maximum Gasteiger partial charge on any atom is 0.319 e. The molecule has 0 saturated carbocycles. The van der Waals surface area contributed by atoms with E-state index >= 15 is 0 Å². The molecular weight excluding hydrogens is 288 g/mol. The van der Waals surface area contributed by atoms with Crippen LogP contribution < -0.4 is 0 Å². The first-order chi connectivity index (χ1) is 10.2. The van der Waals surface area contributed by atoms with Crippen molar-refractivity contribution in [2.24, 2.45) is 0 Å². The number of carbonyl (C=O) groups excluding carboxylic acids is 1. The van der Waals surface area contributed by atoms with E-state index in [-0.39, 0.29) is 11.2 Å². The summed E-state index contributed by atoms with van der Waals surface area (Å²) in [5.41, 5.74) is 1.62. The number of cyclic esters (lactones) is 1. The molecule has 106 valence electrons. The SMILES string of the molecule is Cc1nc2c3ccccc3nc(S[C@H]3CCOC3=O)n2n1. The number of esters is 1. The highest BCUT2D eigenvalue weighted by atomic mass is 32.2. The second-order valence-corrected chi connectivity index (χ2v) is 6.04. The summed E-state index contributed by atoms with van der Waals surface area (Å²) in [7, 11) is 0. The Bertz CT molecular complexity index is 861. The maximum absolute atomic E-state index is 11.7. The molecule has 6 nitrogen and oxygen atoms in total. The number of aromatic nitrogens is 4. The van der Waals surface area contributed by atoms with Gasteiger partial charge in [0.05, 0.1) is 12.1 Å². The van der Waals surface area contributed by atoms with E-state index < -0.39 is 0 Å². The van der Waals surface area contributed by atoms with E-state index in [9.17, 15) is 4.79 Å². The van der Waals surface area contributed by atoms with Crippen LogP contribution in [0.25, 0.3) is 16.6 Å². The minimum absolute atomic E-state index is 0.181. The zero-order chi connectivity index (χ0) is 14.4. The Morgan fingerprint density at radius 3 is 3.00 bits per heavy atom. The topological polar surface area (TPSA) is 69.4 Å². The number of ether oxygens (including phenoxy) is 1. The van der Waals surface area contributed by atoms with Crippen molar-refractivity contribution >= 4 is 34.3 Å². The number of para-hydroxylation sites is 1. The van der Waals surface area contributed by atoms with E-state index in [1.807, 2.05) is 31.2 Å². The zero-order valence-electron chi connectivity index (χ0n) is 11.3. The summed E-state index contributed by atoms with van der Waals surface area (Å²) in [6.07, 6.45) is 0.702. The van der Waals surface area contributed by atoms with Crippen molar-refractivity contribution < 1.29 is 9.53 Å². The van der Waals surface area contributed by atoms with E-state index in [2.05, 4.69) is 15.1 Å². The van der Waals surface area contributed by atoms with Crippen LogP contribution in [0, 0.1) is 6.92 Å². The third kappa shape index (κ3) is 2.04. The molecule has 3 heterocycles. The van der Waals surface area contributed by atoms with Gasteiger partial charge in [-0.1, -0.05) is 23.9 Å². The minimum atomic E-state index is -0.216. The van der Waals surface area contributed by atoms with Gasteiger partial charge in [0.15, 0.2) is 10.8 Å². The Hall–Kier alpha value is -2.15. The van der Waals surface area contributed by atoms with Crippen LogP contribution in [0.1, 0.15) is 12.2 Å². The average molecular weight is 300 g/mol. The Labute approximate surface area is 124 Å². The highest BCUT2D eigenvalue weighted by Gasteiger charge is 2.29. The molecule has 1 fully saturated rings. The summed E-state index contributed by atoms with van der Waals surface area (Å²) in [5.74, 6) is 0.504. The summed E-state index contributed by atoms with van der Waals surface area (Å²) in [6, 6.07) is 7.81. The lowest BCUT2D eigenvalue weighted by Crippen LogP contribution is -2.11. The van der Waals surface area contributed by atoms with Crippen LogP contribution >= 0.6 is 11.8 Å². The van der Waals surface area contributed by atoms with Gasteiger partial charge in [0, 0.05) is 11.8 Å². The summed E-state index contributed by atoms with van der Waals surface area (Å²) in [5, 5.41) is 5.81. The van der Waals surface area contributed by atoms with Crippen LogP contribution in [0.4, 0.5) is 0 Å². The molecule has 7 heteroatoms. The molecule has 0 amide bonds. The van der Waals surface area contributed by atoms with Crippen LogP contribution in [0.2, 0.25) is 0 Å². The lowest BCUT2D eigenvalue weighted by molar-refractivity contribution is -0.137. The minimum Gasteiger partial charge on any atom is -0.465 e. The number of hydrogen-bond donors (Lipinski definition) is 0. The smallest absolute Gasteiger partial charge is 0.319 e. The molecule has 4 rings (SSSR count). The predicted octanol–water partition coefficient (Wildman–Crippen LogP) is 1.99. The molecule has 0 bridgehead atoms. The fourth-order valence-corrected chi connectivity index (χ4v) is 3.43. The predicted molar refractivity (Wildman–Crippen MR) is 78.2 cm³/mol. The third-order valence-electron chi connectivity index (χ3n) is 3.39. The van der Waals surface area contributed by atoms with Gasteiger partial charge in [-0.2, -0.15) is 4.52 Å². The normalized spacial score (nSPS) is 18.5. The van der Waals surface area contributed by atoms with Gasteiger partial charge in [-0.3, -0.25) is 4.79 Å². The molecule has 0 unspecified atom stereocenters. The van der Waals surface area contributed by atoms with Crippen molar-refractivity contribution in [1.82, 2.24) is 19.6 Å². The number of fused-ring (bicyclic) bond motifs is 3. The maximum atomic E-state index is 11.7. The summed E-state index contributed by atoms with van der Waals surface area (Å²) in [6.45, 7) is 2.32. The standard InChI is InChI=1S/C14H12N4O2S/c1-8-15-12-9-4-2-3-5-10(9)16-14(18(12)17-8)21-11-6-7-20-13(11)19/h2-5,11H,6-7H2,1H3/t11-/m0/s1. The Morgan fingerprint density at radius 2 is 2.19 bits per heavy atom. The quantitative estimate of drug-likeness (QED) is 0.532. The van der Waals surface area contributed by atoms with E-state index in [0.29, 0.717) is 24.0 Å². The van der Waals surface area contributed by atoms with Crippen LogP contribution in [-0.2, 0) is 9.53 Å². The number of aryl methyl sites for hydroxylation is 1. The van der Waals surface area contributed by atoms with Gasteiger partial charge in [0.25, 0.3) is 0 Å². The van der Waals surface area contributed by atoms with Crippen molar-refractivity contribution in [2.45, 2.75) is 23.8 Å². The van der Waals surface area contributed by atoms with Gasteiger partial charge in [-0.25, -0.2) is 9.97 Å². The van der Waals surface area contributed by atoms with Crippen LogP contribution in [0.3, 0.4) is 0 Å². The van der Waals surface area contributed by atoms with Crippen LogP contribution in [0.15, 0.2) is 29.4 Å². The second kappa shape index (κ2) is 4.70. The first-order valence-electron chi connectivity index (χ1n) is 6.68. The first-order valence-corrected chi connectivity index (χ1v) is 7.56. The second-order valence-electron chi connectivity index (χ2n) is 4.87. The largest absolute Gasteiger partial charge is 0.465 e. The van der Waals surface area contributed by atoms with Gasteiger partial charge < -0.3 is 4.74 Å². The molecule has 0 spiro atoms. The Balaban J connectivity index is 1.91. The highest BCUT2D eigenvalue weighted by Crippen LogP contribution is 2.30. The van der Waals surface area contributed by atoms with Crippen LogP contribution in [0.5, 0.6) is 0 Å². The molecule has 0 radical (unpaired) electrons. The molecule has 0 aliphatic carbocycles. The molecule has 21 heavy (non-hydrogen) atoms. The van der Waals surface area contributed by atoms with Crippen molar-refractivity contribution in [3.05, 3.63) is 30.1 Å². The van der Waals surface area contributed by atoms with Crippen molar-refractivity contribution in [3.8, 4) is 0 Å². The zero-order valence-corrected chi connectivity index (χ0v) is 12.1. The van der Waals surface area contributed by atoms with Gasteiger partial charge >= 0.3 is 5.97 Å². The molecule has 1 saturated heterocycles. The monoisotopic (exact) mass is 300 g/mol. The number of benzene rings is 1. The number of hydrogen-bond acceptors (Lipinski definition) is 6. The number of thioether (sulfide) groups is 1. The van der Waals surface area contributed by atoms with Gasteiger partial charge in [-0.05, 0) is 19.1 Å². The summed E-state index contributed by atoms with van der Waals surface area (Å²) >= 11 is 1.39. The van der Waals surface area contributed by atoms with E-state index in [0.717, 1.165) is 16.6 Å². The van der Waals surface area contributed by atoms with Gasteiger partial charge in [-0.15, -0.1) is 5.10 Å². The van der Waals surface area contributed by atoms with Crippen LogP contribution in [-0.4, -0.2) is 37.4 Å². The van der Waals surface area contributed by atoms with Crippen molar-refractivity contribution in [3.63, 3.8) is 0 Å². The number of carbonyl (C=O) groups is 1. The van der Waals surface area contributed by atoms with E-state index in [4.69, 9.17) is 4.74 Å². The summed E-state index contributed by atoms with van der Waals surface area (Å²) in [4.78, 5) is 20.8. The molecule has 1 aliphatic rings. The lowest BCUT2D eigenvalue weighted by Gasteiger charge is -2.08. The molecule has 0 N–H and O–H groups in total. The summed E-state index contributed by atoms with van der Waals surface area (Å²) < 4.78 is 6.73. The highest BCUT2D eigenvalue weighted by molar-refractivity contribution is 8.00. The Kier molecular flexibility index (Phi) is 2.81. The number of rotatable bonds is 2. The fourth-order valence-electron chi connectivity index (χ4n) is 2.42. The van der Waals surface area contributed by atoms with E-state index in [1.165, 1.54) is 11.8 Å². The molecule has 1 atom stereocenters. The molecule has 2 aromatic heterocycles. The fraction of sp³-hybridized carbons (Fsp3) is 0.286.